The molecule has 1 aromatic carbocycles. The predicted molar refractivity (Wildman–Crippen MR) is 101 cm³/mol. The van der Waals surface area contributed by atoms with E-state index in [0.29, 0.717) is 6.04 Å². The fraction of sp³-hybridized carbons (Fsp3) is 0.562. The molecule has 0 radical (unpaired) electrons. The molecule has 1 aliphatic rings. The summed E-state index contributed by atoms with van der Waals surface area (Å²) >= 11 is 0. The molecule has 124 valence electrons. The number of aryl methyl sites for hydroxylation is 1. The van der Waals surface area contributed by atoms with E-state index in [2.05, 4.69) is 15.6 Å². The van der Waals surface area contributed by atoms with Crippen molar-refractivity contribution in [2.75, 3.05) is 27.8 Å². The molecule has 0 bridgehead atoms. The molecule has 6 heteroatoms. The number of guanidine groups is 1. The molecule has 0 aliphatic heterocycles. The minimum atomic E-state index is 0. The summed E-state index contributed by atoms with van der Waals surface area (Å²) in [5, 5.41) is 6.72. The third-order valence-electron chi connectivity index (χ3n) is 3.54. The zero-order chi connectivity index (χ0) is 15.1. The fourth-order valence-corrected chi connectivity index (χ4v) is 2.18. The van der Waals surface area contributed by atoms with Gasteiger partial charge < -0.3 is 20.1 Å². The standard InChI is InChI=1S/C16H25N3O2.HI/c1-17-16(19-13-6-7-13)18-10-4-5-12-11-14(20-2)8-9-15(12)21-3;/h8-9,11,13H,4-7,10H2,1-3H3,(H2,17,18,19);1H. The summed E-state index contributed by atoms with van der Waals surface area (Å²) in [6.45, 7) is 0.882. The fourth-order valence-electron chi connectivity index (χ4n) is 2.18. The quantitative estimate of drug-likeness (QED) is 0.309. The highest BCUT2D eigenvalue weighted by Gasteiger charge is 2.21. The Morgan fingerprint density at radius 1 is 1.27 bits per heavy atom. The number of aliphatic imine (C=N–C) groups is 1. The number of nitrogens with one attached hydrogen (secondary N) is 2. The molecule has 0 saturated heterocycles. The largest absolute Gasteiger partial charge is 0.497 e. The summed E-state index contributed by atoms with van der Waals surface area (Å²) in [7, 11) is 5.19. The Kier molecular flexibility index (Phi) is 8.37. The van der Waals surface area contributed by atoms with Crippen LogP contribution in [0.3, 0.4) is 0 Å². The lowest BCUT2D eigenvalue weighted by atomic mass is 10.1. The van der Waals surface area contributed by atoms with Crippen molar-refractivity contribution >= 4 is 29.9 Å². The van der Waals surface area contributed by atoms with Crippen molar-refractivity contribution in [1.29, 1.82) is 0 Å². The average molecular weight is 419 g/mol. The maximum Gasteiger partial charge on any atom is 0.191 e. The Bertz CT molecular complexity index is 490. The minimum Gasteiger partial charge on any atom is -0.497 e. The van der Waals surface area contributed by atoms with E-state index in [4.69, 9.17) is 9.47 Å². The molecule has 0 heterocycles. The van der Waals surface area contributed by atoms with Crippen LogP contribution >= 0.6 is 24.0 Å². The van der Waals surface area contributed by atoms with E-state index >= 15 is 0 Å². The molecule has 2 rings (SSSR count). The lowest BCUT2D eigenvalue weighted by Gasteiger charge is -2.12. The lowest BCUT2D eigenvalue weighted by molar-refractivity contribution is 0.398. The second-order valence-corrected chi connectivity index (χ2v) is 5.20. The molecule has 0 amide bonds. The molecule has 0 unspecified atom stereocenters. The number of benzene rings is 1. The van der Waals surface area contributed by atoms with Crippen LogP contribution in [0.25, 0.3) is 0 Å². The number of nitrogens with zero attached hydrogens (tertiary/aromatic N) is 1. The molecular formula is C16H26IN3O2. The Morgan fingerprint density at radius 3 is 2.64 bits per heavy atom. The van der Waals surface area contributed by atoms with Crippen molar-refractivity contribution in [3.05, 3.63) is 23.8 Å². The molecule has 0 spiro atoms. The predicted octanol–water partition coefficient (Wildman–Crippen LogP) is 2.58. The van der Waals surface area contributed by atoms with Crippen LogP contribution in [0.2, 0.25) is 0 Å². The summed E-state index contributed by atoms with van der Waals surface area (Å²) in [5.41, 5.74) is 1.17. The normalized spacial score (nSPS) is 14.0. The van der Waals surface area contributed by atoms with Crippen molar-refractivity contribution in [3.63, 3.8) is 0 Å². The van der Waals surface area contributed by atoms with Gasteiger partial charge in [-0.3, -0.25) is 4.99 Å². The van der Waals surface area contributed by atoms with Crippen molar-refractivity contribution < 1.29 is 9.47 Å². The molecule has 1 fully saturated rings. The van der Waals surface area contributed by atoms with Gasteiger partial charge in [0.15, 0.2) is 5.96 Å². The SMILES string of the molecule is CN=C(NCCCc1cc(OC)ccc1OC)NC1CC1.I. The van der Waals surface area contributed by atoms with Gasteiger partial charge in [0, 0.05) is 19.6 Å². The van der Waals surface area contributed by atoms with Gasteiger partial charge in [-0.15, -0.1) is 24.0 Å². The van der Waals surface area contributed by atoms with Gasteiger partial charge in [0.1, 0.15) is 11.5 Å². The van der Waals surface area contributed by atoms with Crippen LogP contribution in [-0.2, 0) is 6.42 Å². The Labute approximate surface area is 149 Å². The van der Waals surface area contributed by atoms with Gasteiger partial charge in [-0.05, 0) is 49.4 Å². The van der Waals surface area contributed by atoms with Gasteiger partial charge >= 0.3 is 0 Å². The smallest absolute Gasteiger partial charge is 0.191 e. The summed E-state index contributed by atoms with van der Waals surface area (Å²) in [6.07, 6.45) is 4.45. The summed E-state index contributed by atoms with van der Waals surface area (Å²) in [4.78, 5) is 4.22. The second kappa shape index (κ2) is 9.76. The van der Waals surface area contributed by atoms with Crippen LogP contribution in [0.4, 0.5) is 0 Å². The molecule has 2 N–H and O–H groups in total. The zero-order valence-electron chi connectivity index (χ0n) is 13.5. The molecule has 0 atom stereocenters. The van der Waals surface area contributed by atoms with Crippen molar-refractivity contribution in [2.45, 2.75) is 31.7 Å². The third-order valence-corrected chi connectivity index (χ3v) is 3.54. The van der Waals surface area contributed by atoms with Crippen LogP contribution < -0.4 is 20.1 Å². The first-order valence-electron chi connectivity index (χ1n) is 7.45. The van der Waals surface area contributed by atoms with Gasteiger partial charge in [0.05, 0.1) is 14.2 Å². The molecule has 1 aromatic rings. The second-order valence-electron chi connectivity index (χ2n) is 5.20. The van der Waals surface area contributed by atoms with Crippen LogP contribution in [0.1, 0.15) is 24.8 Å². The van der Waals surface area contributed by atoms with E-state index in [-0.39, 0.29) is 24.0 Å². The van der Waals surface area contributed by atoms with Crippen molar-refractivity contribution in [1.82, 2.24) is 10.6 Å². The molecule has 1 aliphatic carbocycles. The first-order chi connectivity index (χ1) is 10.3. The number of halogens is 1. The Morgan fingerprint density at radius 2 is 2.05 bits per heavy atom. The number of ether oxygens (including phenoxy) is 2. The van der Waals surface area contributed by atoms with Gasteiger partial charge in [-0.2, -0.15) is 0 Å². The molecular weight excluding hydrogens is 393 g/mol. The first kappa shape index (κ1) is 18.9. The third kappa shape index (κ3) is 5.90. The summed E-state index contributed by atoms with van der Waals surface area (Å²) in [5.74, 6) is 2.68. The van der Waals surface area contributed by atoms with E-state index in [1.165, 1.54) is 18.4 Å². The van der Waals surface area contributed by atoms with Gasteiger partial charge in [-0.25, -0.2) is 0 Å². The molecule has 0 aromatic heterocycles. The van der Waals surface area contributed by atoms with E-state index in [1.54, 1.807) is 14.2 Å². The van der Waals surface area contributed by atoms with Crippen LogP contribution in [-0.4, -0.2) is 39.8 Å². The van der Waals surface area contributed by atoms with Gasteiger partial charge in [0.25, 0.3) is 0 Å². The molecule has 1 saturated carbocycles. The number of rotatable bonds is 7. The van der Waals surface area contributed by atoms with Crippen LogP contribution in [0, 0.1) is 0 Å². The maximum atomic E-state index is 5.39. The monoisotopic (exact) mass is 419 g/mol. The highest BCUT2D eigenvalue weighted by molar-refractivity contribution is 14.0. The number of hydrogen-bond acceptors (Lipinski definition) is 3. The van der Waals surface area contributed by atoms with E-state index < -0.39 is 0 Å². The average Bonchev–Trinajstić information content (AvgIpc) is 3.34. The highest BCUT2D eigenvalue weighted by atomic mass is 127. The highest BCUT2D eigenvalue weighted by Crippen LogP contribution is 2.24. The van der Waals surface area contributed by atoms with E-state index in [9.17, 15) is 0 Å². The van der Waals surface area contributed by atoms with Crippen molar-refractivity contribution in [2.24, 2.45) is 4.99 Å². The topological polar surface area (TPSA) is 54.9 Å². The van der Waals surface area contributed by atoms with Gasteiger partial charge in [0.2, 0.25) is 0 Å². The lowest BCUT2D eigenvalue weighted by Crippen LogP contribution is -2.39. The van der Waals surface area contributed by atoms with Crippen molar-refractivity contribution in [3.8, 4) is 11.5 Å². The summed E-state index contributed by atoms with van der Waals surface area (Å²) < 4.78 is 10.7. The Balaban J connectivity index is 0.00000242. The van der Waals surface area contributed by atoms with E-state index in [1.807, 2.05) is 25.2 Å². The zero-order valence-corrected chi connectivity index (χ0v) is 15.8. The minimum absolute atomic E-state index is 0. The Hall–Kier alpha value is -1.18. The molecule has 22 heavy (non-hydrogen) atoms. The van der Waals surface area contributed by atoms with Crippen LogP contribution in [0.5, 0.6) is 11.5 Å². The van der Waals surface area contributed by atoms with Crippen LogP contribution in [0.15, 0.2) is 23.2 Å². The summed E-state index contributed by atoms with van der Waals surface area (Å²) in [6, 6.07) is 6.53. The number of methoxy groups -OCH3 is 2. The number of hydrogen-bond donors (Lipinski definition) is 2. The maximum absolute atomic E-state index is 5.39. The molecule has 5 nitrogen and oxygen atoms in total. The van der Waals surface area contributed by atoms with E-state index in [0.717, 1.165) is 36.8 Å². The van der Waals surface area contributed by atoms with Gasteiger partial charge in [-0.1, -0.05) is 0 Å². The first-order valence-corrected chi connectivity index (χ1v) is 7.45.